The predicted molar refractivity (Wildman–Crippen MR) is 66.9 cm³/mol. The van der Waals surface area contributed by atoms with Gasteiger partial charge in [0.1, 0.15) is 12.4 Å². The van der Waals surface area contributed by atoms with E-state index >= 15 is 0 Å². The van der Waals surface area contributed by atoms with Gasteiger partial charge in [0.15, 0.2) is 0 Å². The third-order valence-electron chi connectivity index (χ3n) is 2.39. The minimum absolute atomic E-state index is 0.0143. The van der Waals surface area contributed by atoms with Crippen LogP contribution in [0.25, 0.3) is 0 Å². The van der Waals surface area contributed by atoms with Crippen LogP contribution in [0, 0.1) is 0 Å². The average molecular weight is 267 g/mol. The number of ether oxygens (including phenoxy) is 1. The fraction of sp³-hybridized carbons (Fsp3) is 0.143. The summed E-state index contributed by atoms with van der Waals surface area (Å²) in [6.45, 7) is 0.382. The van der Waals surface area contributed by atoms with Gasteiger partial charge in [0, 0.05) is 5.69 Å². The van der Waals surface area contributed by atoms with Crippen LogP contribution in [0.4, 0.5) is 18.9 Å². The molecule has 0 aliphatic rings. The van der Waals surface area contributed by atoms with Crippen molar-refractivity contribution in [1.82, 2.24) is 0 Å². The summed E-state index contributed by atoms with van der Waals surface area (Å²) in [4.78, 5) is 0. The number of nitrogens with one attached hydrogen (secondary N) is 1. The molecule has 0 bridgehead atoms. The van der Waals surface area contributed by atoms with Crippen molar-refractivity contribution in [2.24, 2.45) is 0 Å². The zero-order valence-electron chi connectivity index (χ0n) is 9.95. The van der Waals surface area contributed by atoms with E-state index in [1.54, 1.807) is 0 Å². The molecule has 0 aromatic heterocycles. The van der Waals surface area contributed by atoms with Gasteiger partial charge < -0.3 is 4.74 Å². The van der Waals surface area contributed by atoms with E-state index in [-0.39, 0.29) is 5.69 Å². The number of alkyl halides is 3. The zero-order valence-corrected chi connectivity index (χ0v) is 9.95. The lowest BCUT2D eigenvalue weighted by Gasteiger charge is -2.11. The molecule has 0 saturated heterocycles. The Morgan fingerprint density at radius 2 is 1.53 bits per heavy atom. The largest absolute Gasteiger partial charge is 0.489 e. The molecule has 0 aliphatic heterocycles. The molecule has 0 unspecified atom stereocenters. The Morgan fingerprint density at radius 1 is 0.895 bits per heavy atom. The van der Waals surface area contributed by atoms with Gasteiger partial charge in [-0.2, -0.15) is 13.2 Å². The Morgan fingerprint density at radius 3 is 2.11 bits per heavy atom. The Kier molecular flexibility index (Phi) is 3.94. The monoisotopic (exact) mass is 267 g/mol. The molecule has 5 heteroatoms. The fourth-order valence-corrected chi connectivity index (χ4v) is 1.54. The minimum atomic E-state index is -4.42. The Labute approximate surface area is 108 Å². The Bertz CT molecular complexity index is 508. The minimum Gasteiger partial charge on any atom is -0.489 e. The van der Waals surface area contributed by atoms with Gasteiger partial charge in [0.2, 0.25) is 0 Å². The molecule has 0 saturated carbocycles. The SMILES string of the molecule is FC(F)(F)Nc1ccc(OCc2ccccc2)cc1. The summed E-state index contributed by atoms with van der Waals surface area (Å²) >= 11 is 0. The van der Waals surface area contributed by atoms with Gasteiger partial charge >= 0.3 is 6.30 Å². The molecule has 2 rings (SSSR count). The van der Waals surface area contributed by atoms with Crippen molar-refractivity contribution in [1.29, 1.82) is 0 Å². The molecule has 0 radical (unpaired) electrons. The van der Waals surface area contributed by atoms with E-state index in [0.29, 0.717) is 12.4 Å². The van der Waals surface area contributed by atoms with Gasteiger partial charge in [-0.1, -0.05) is 30.3 Å². The highest BCUT2D eigenvalue weighted by atomic mass is 19.4. The highest BCUT2D eigenvalue weighted by molar-refractivity contribution is 5.46. The molecule has 0 aliphatic carbocycles. The summed E-state index contributed by atoms with van der Waals surface area (Å²) in [6, 6.07) is 15.2. The van der Waals surface area contributed by atoms with Crippen molar-refractivity contribution in [3.8, 4) is 5.75 Å². The number of anilines is 1. The summed E-state index contributed by atoms with van der Waals surface area (Å²) in [6.07, 6.45) is -4.42. The molecule has 0 heterocycles. The Balaban J connectivity index is 1.92. The predicted octanol–water partition coefficient (Wildman–Crippen LogP) is 4.20. The van der Waals surface area contributed by atoms with Crippen LogP contribution in [0.2, 0.25) is 0 Å². The van der Waals surface area contributed by atoms with Gasteiger partial charge in [-0.05, 0) is 29.8 Å². The van der Waals surface area contributed by atoms with E-state index in [0.717, 1.165) is 5.56 Å². The maximum Gasteiger partial charge on any atom is 0.482 e. The second-order valence-electron chi connectivity index (χ2n) is 3.92. The summed E-state index contributed by atoms with van der Waals surface area (Å²) in [7, 11) is 0. The number of hydrogen-bond donors (Lipinski definition) is 1. The average Bonchev–Trinajstić information content (AvgIpc) is 2.37. The van der Waals surface area contributed by atoms with Gasteiger partial charge in [0.25, 0.3) is 0 Å². The molecule has 0 fully saturated rings. The maximum atomic E-state index is 12.1. The molecule has 0 atom stereocenters. The van der Waals surface area contributed by atoms with Crippen LogP contribution in [0.15, 0.2) is 54.6 Å². The van der Waals surface area contributed by atoms with Crippen LogP contribution in [-0.2, 0) is 6.61 Å². The molecular formula is C14H12F3NO. The van der Waals surface area contributed by atoms with Crippen LogP contribution < -0.4 is 10.1 Å². The Hall–Kier alpha value is -2.17. The van der Waals surface area contributed by atoms with E-state index in [9.17, 15) is 13.2 Å². The normalized spacial score (nSPS) is 11.1. The second-order valence-corrected chi connectivity index (χ2v) is 3.92. The van der Waals surface area contributed by atoms with E-state index < -0.39 is 6.30 Å². The summed E-state index contributed by atoms with van der Waals surface area (Å²) in [5.41, 5.74) is 0.986. The van der Waals surface area contributed by atoms with Gasteiger partial charge in [0.05, 0.1) is 0 Å². The van der Waals surface area contributed by atoms with Crippen LogP contribution in [-0.4, -0.2) is 6.30 Å². The first-order valence-corrected chi connectivity index (χ1v) is 5.65. The number of benzene rings is 2. The van der Waals surface area contributed by atoms with Crippen molar-refractivity contribution in [3.63, 3.8) is 0 Å². The first kappa shape index (κ1) is 13.3. The van der Waals surface area contributed by atoms with Crippen molar-refractivity contribution < 1.29 is 17.9 Å². The van der Waals surface area contributed by atoms with E-state index in [4.69, 9.17) is 4.74 Å². The lowest BCUT2D eigenvalue weighted by atomic mass is 10.2. The van der Waals surface area contributed by atoms with Gasteiger partial charge in [-0.3, -0.25) is 5.32 Å². The first-order valence-electron chi connectivity index (χ1n) is 5.65. The highest BCUT2D eigenvalue weighted by Crippen LogP contribution is 2.22. The molecule has 0 amide bonds. The number of halogens is 3. The summed E-state index contributed by atoms with van der Waals surface area (Å²) in [5.74, 6) is 0.525. The zero-order chi connectivity index (χ0) is 13.7. The van der Waals surface area contributed by atoms with Crippen molar-refractivity contribution in [3.05, 3.63) is 60.2 Å². The van der Waals surface area contributed by atoms with E-state index in [2.05, 4.69) is 0 Å². The molecule has 19 heavy (non-hydrogen) atoms. The molecule has 100 valence electrons. The van der Waals surface area contributed by atoms with Crippen molar-refractivity contribution >= 4 is 5.69 Å². The number of hydrogen-bond acceptors (Lipinski definition) is 2. The maximum absolute atomic E-state index is 12.1. The first-order chi connectivity index (χ1) is 9.03. The third-order valence-corrected chi connectivity index (χ3v) is 2.39. The van der Waals surface area contributed by atoms with Gasteiger partial charge in [-0.15, -0.1) is 0 Å². The fourth-order valence-electron chi connectivity index (χ4n) is 1.54. The lowest BCUT2D eigenvalue weighted by molar-refractivity contribution is -0.0999. The lowest BCUT2D eigenvalue weighted by Crippen LogP contribution is -2.20. The van der Waals surface area contributed by atoms with Crippen LogP contribution in [0.3, 0.4) is 0 Å². The van der Waals surface area contributed by atoms with Crippen molar-refractivity contribution in [2.45, 2.75) is 12.9 Å². The summed E-state index contributed by atoms with van der Waals surface area (Å²) < 4.78 is 41.7. The highest BCUT2D eigenvalue weighted by Gasteiger charge is 2.26. The van der Waals surface area contributed by atoms with Crippen molar-refractivity contribution in [2.75, 3.05) is 5.32 Å². The standard InChI is InChI=1S/C14H12F3NO/c15-14(16,17)18-12-6-8-13(9-7-12)19-10-11-4-2-1-3-5-11/h1-9,18H,10H2. The van der Waals surface area contributed by atoms with Crippen LogP contribution >= 0.6 is 0 Å². The topological polar surface area (TPSA) is 21.3 Å². The second kappa shape index (κ2) is 5.65. The van der Waals surface area contributed by atoms with Crippen LogP contribution in [0.5, 0.6) is 5.75 Å². The smallest absolute Gasteiger partial charge is 0.482 e. The molecule has 1 N–H and O–H groups in total. The molecule has 2 nitrogen and oxygen atoms in total. The van der Waals surface area contributed by atoms with E-state index in [1.165, 1.54) is 29.6 Å². The molecule has 2 aromatic rings. The number of rotatable bonds is 4. The van der Waals surface area contributed by atoms with Crippen LogP contribution in [0.1, 0.15) is 5.56 Å². The van der Waals surface area contributed by atoms with E-state index in [1.807, 2.05) is 30.3 Å². The third kappa shape index (κ3) is 4.54. The quantitative estimate of drug-likeness (QED) is 0.838. The molecule has 0 spiro atoms. The van der Waals surface area contributed by atoms with Gasteiger partial charge in [-0.25, -0.2) is 0 Å². The molecule has 2 aromatic carbocycles. The molecular weight excluding hydrogens is 255 g/mol. The summed E-state index contributed by atoms with van der Waals surface area (Å²) in [5, 5.41) is 1.43.